The minimum atomic E-state index is 0.528. The zero-order chi connectivity index (χ0) is 18.5. The van der Waals surface area contributed by atoms with Gasteiger partial charge in [0, 0.05) is 32.1 Å². The molecule has 134 valence electrons. The number of benzene rings is 1. The van der Waals surface area contributed by atoms with Gasteiger partial charge in [-0.1, -0.05) is 6.07 Å². The van der Waals surface area contributed by atoms with Crippen LogP contribution >= 0.6 is 0 Å². The Labute approximate surface area is 153 Å². The normalized spacial score (nSPS) is 11.1. The van der Waals surface area contributed by atoms with Gasteiger partial charge in [-0.3, -0.25) is 0 Å². The third-order valence-corrected chi connectivity index (χ3v) is 4.05. The number of pyridine rings is 1. The van der Waals surface area contributed by atoms with E-state index in [1.807, 2.05) is 74.7 Å². The van der Waals surface area contributed by atoms with Gasteiger partial charge in [-0.2, -0.15) is 0 Å². The maximum Gasteiger partial charge on any atom is 0.238 e. The first-order chi connectivity index (χ1) is 12.6. The molecule has 0 N–H and O–H groups in total. The zero-order valence-electron chi connectivity index (χ0n) is 15.5. The van der Waals surface area contributed by atoms with Crippen LogP contribution in [0.2, 0.25) is 0 Å². The second kappa shape index (κ2) is 7.82. The quantitative estimate of drug-likeness (QED) is 0.492. The highest BCUT2D eigenvalue weighted by Gasteiger charge is 2.09. The summed E-state index contributed by atoms with van der Waals surface area (Å²) >= 11 is 0. The Morgan fingerprint density at radius 2 is 2.04 bits per heavy atom. The molecule has 6 heteroatoms. The van der Waals surface area contributed by atoms with Crippen LogP contribution in [0, 0.1) is 13.8 Å². The maximum absolute atomic E-state index is 5.97. The molecule has 0 aliphatic carbocycles. The lowest BCUT2D eigenvalue weighted by molar-refractivity contribution is 0.453. The van der Waals surface area contributed by atoms with Gasteiger partial charge in [0.2, 0.25) is 5.88 Å². The number of aliphatic imine (C=N–C) groups is 1. The Morgan fingerprint density at radius 3 is 2.77 bits per heavy atom. The van der Waals surface area contributed by atoms with Crippen molar-refractivity contribution in [3.05, 3.63) is 59.9 Å². The van der Waals surface area contributed by atoms with Crippen LogP contribution < -0.4 is 4.74 Å². The highest BCUT2D eigenvalue weighted by molar-refractivity contribution is 5.64. The largest absolute Gasteiger partial charge is 0.437 e. The molecule has 0 saturated heterocycles. The Bertz CT molecular complexity index is 902. The lowest BCUT2D eigenvalue weighted by atomic mass is 10.1. The molecular formula is C20H23N5O. The van der Waals surface area contributed by atoms with Gasteiger partial charge < -0.3 is 9.64 Å². The van der Waals surface area contributed by atoms with Gasteiger partial charge >= 0.3 is 0 Å². The smallest absolute Gasteiger partial charge is 0.238 e. The van der Waals surface area contributed by atoms with E-state index in [9.17, 15) is 0 Å². The van der Waals surface area contributed by atoms with Gasteiger partial charge in [-0.05, 0) is 56.2 Å². The highest BCUT2D eigenvalue weighted by atomic mass is 16.5. The van der Waals surface area contributed by atoms with Gasteiger partial charge in [0.15, 0.2) is 5.82 Å². The van der Waals surface area contributed by atoms with E-state index in [0.717, 1.165) is 34.9 Å². The first-order valence-electron chi connectivity index (χ1n) is 8.57. The number of aromatic nitrogens is 3. The van der Waals surface area contributed by atoms with E-state index in [1.165, 1.54) is 0 Å². The average molecular weight is 349 g/mol. The Balaban J connectivity index is 1.79. The van der Waals surface area contributed by atoms with Crippen molar-refractivity contribution in [3.8, 4) is 17.4 Å². The molecule has 0 saturated carbocycles. The predicted molar refractivity (Wildman–Crippen MR) is 104 cm³/mol. The second-order valence-electron chi connectivity index (χ2n) is 6.11. The monoisotopic (exact) mass is 349 g/mol. The fourth-order valence-electron chi connectivity index (χ4n) is 2.36. The summed E-state index contributed by atoms with van der Waals surface area (Å²) in [6, 6.07) is 11.5. The fraction of sp³-hybridized carbons (Fsp3) is 0.250. The number of hydrogen-bond donors (Lipinski definition) is 0. The molecule has 0 bridgehead atoms. The number of rotatable bonds is 6. The molecule has 0 atom stereocenters. The third-order valence-electron chi connectivity index (χ3n) is 4.05. The second-order valence-corrected chi connectivity index (χ2v) is 6.11. The summed E-state index contributed by atoms with van der Waals surface area (Å²) in [7, 11) is 2.00. The molecule has 0 radical (unpaired) electrons. The van der Waals surface area contributed by atoms with Gasteiger partial charge in [0.25, 0.3) is 0 Å². The molecule has 26 heavy (non-hydrogen) atoms. The summed E-state index contributed by atoms with van der Waals surface area (Å²) < 4.78 is 7.66. The van der Waals surface area contributed by atoms with Crippen molar-refractivity contribution in [2.75, 3.05) is 13.6 Å². The minimum absolute atomic E-state index is 0.528. The summed E-state index contributed by atoms with van der Waals surface area (Å²) in [4.78, 5) is 10.9. The van der Waals surface area contributed by atoms with Crippen LogP contribution in [0.1, 0.15) is 18.1 Å². The summed E-state index contributed by atoms with van der Waals surface area (Å²) in [6.07, 6.45) is 5.41. The van der Waals surface area contributed by atoms with E-state index in [4.69, 9.17) is 4.74 Å². The van der Waals surface area contributed by atoms with Crippen molar-refractivity contribution < 1.29 is 4.74 Å². The van der Waals surface area contributed by atoms with E-state index in [2.05, 4.69) is 22.0 Å². The van der Waals surface area contributed by atoms with Crippen LogP contribution in [0.4, 0.5) is 5.69 Å². The van der Waals surface area contributed by atoms with Crippen LogP contribution in [-0.4, -0.2) is 39.6 Å². The summed E-state index contributed by atoms with van der Waals surface area (Å²) in [5.74, 6) is 2.05. The lowest BCUT2D eigenvalue weighted by Gasteiger charge is -2.11. The summed E-state index contributed by atoms with van der Waals surface area (Å²) in [6.45, 7) is 7.04. The number of hydrogen-bond acceptors (Lipinski definition) is 4. The number of nitrogens with zero attached hydrogens (tertiary/aromatic N) is 5. The third kappa shape index (κ3) is 4.08. The van der Waals surface area contributed by atoms with Crippen LogP contribution in [0.5, 0.6) is 11.6 Å². The summed E-state index contributed by atoms with van der Waals surface area (Å²) in [5, 5.41) is 4.44. The molecule has 1 aromatic carbocycles. The Kier molecular flexibility index (Phi) is 5.31. The molecule has 0 aliphatic heterocycles. The molecule has 0 fully saturated rings. The maximum atomic E-state index is 5.97. The van der Waals surface area contributed by atoms with Crippen LogP contribution in [-0.2, 0) is 0 Å². The Morgan fingerprint density at radius 1 is 1.19 bits per heavy atom. The molecule has 0 amide bonds. The van der Waals surface area contributed by atoms with Gasteiger partial charge in [0.05, 0.1) is 12.0 Å². The van der Waals surface area contributed by atoms with Crippen molar-refractivity contribution in [1.29, 1.82) is 0 Å². The molecule has 2 aromatic heterocycles. The molecule has 3 rings (SSSR count). The lowest BCUT2D eigenvalue weighted by Crippen LogP contribution is -2.14. The molecule has 0 aliphatic rings. The fourth-order valence-corrected chi connectivity index (χ4v) is 2.36. The van der Waals surface area contributed by atoms with Crippen molar-refractivity contribution in [2.24, 2.45) is 4.99 Å². The molecule has 3 aromatic rings. The summed E-state index contributed by atoms with van der Waals surface area (Å²) in [5.41, 5.74) is 3.00. The van der Waals surface area contributed by atoms with Crippen LogP contribution in [0.3, 0.4) is 0 Å². The first-order valence-corrected chi connectivity index (χ1v) is 8.57. The van der Waals surface area contributed by atoms with Crippen LogP contribution in [0.15, 0.2) is 53.8 Å². The molecule has 6 nitrogen and oxygen atoms in total. The van der Waals surface area contributed by atoms with E-state index in [0.29, 0.717) is 5.88 Å². The van der Waals surface area contributed by atoms with Gasteiger partial charge in [0.1, 0.15) is 5.75 Å². The Hall–Kier alpha value is -3.15. The SMILES string of the molecule is CCN(C)C=Nc1cc(C)c(Oc2ccn(-c3ccccn3)n2)cc1C. The number of aryl methyl sites for hydroxylation is 2. The zero-order valence-corrected chi connectivity index (χ0v) is 15.5. The highest BCUT2D eigenvalue weighted by Crippen LogP contribution is 2.31. The van der Waals surface area contributed by atoms with Crippen molar-refractivity contribution >= 4 is 12.0 Å². The minimum Gasteiger partial charge on any atom is -0.437 e. The molecule has 0 spiro atoms. The van der Waals surface area contributed by atoms with E-state index < -0.39 is 0 Å². The first kappa shape index (κ1) is 17.7. The van der Waals surface area contributed by atoms with Crippen molar-refractivity contribution in [2.45, 2.75) is 20.8 Å². The van der Waals surface area contributed by atoms with E-state index in [1.54, 1.807) is 10.9 Å². The van der Waals surface area contributed by atoms with Gasteiger partial charge in [-0.15, -0.1) is 5.10 Å². The van der Waals surface area contributed by atoms with E-state index in [-0.39, 0.29) is 0 Å². The number of ether oxygens (including phenoxy) is 1. The molecular weight excluding hydrogens is 326 g/mol. The van der Waals surface area contributed by atoms with E-state index >= 15 is 0 Å². The standard InChI is InChI=1S/C20H23N5O/c1-5-24(4)14-22-17-12-16(3)18(13-15(17)2)26-20-9-11-25(23-20)19-8-6-7-10-21-19/h6-14H,5H2,1-4H3. The van der Waals surface area contributed by atoms with Crippen LogP contribution in [0.25, 0.3) is 5.82 Å². The van der Waals surface area contributed by atoms with Crippen molar-refractivity contribution in [1.82, 2.24) is 19.7 Å². The topological polar surface area (TPSA) is 55.5 Å². The molecule has 2 heterocycles. The molecule has 0 unspecified atom stereocenters. The average Bonchev–Trinajstić information content (AvgIpc) is 3.12. The predicted octanol–water partition coefficient (Wildman–Crippen LogP) is 4.29. The van der Waals surface area contributed by atoms with Crippen molar-refractivity contribution in [3.63, 3.8) is 0 Å². The van der Waals surface area contributed by atoms with Gasteiger partial charge in [-0.25, -0.2) is 14.7 Å².